The molecule has 1 heterocycles. The highest BCUT2D eigenvalue weighted by Crippen LogP contribution is 2.20. The van der Waals surface area contributed by atoms with Crippen LogP contribution in [0.4, 0.5) is 0 Å². The van der Waals surface area contributed by atoms with Crippen LogP contribution in [0, 0.1) is 11.8 Å². The molecule has 20 heavy (non-hydrogen) atoms. The van der Waals surface area contributed by atoms with Crippen molar-refractivity contribution in [3.05, 3.63) is 59.7 Å². The minimum atomic E-state index is 0.698. The zero-order valence-electron chi connectivity index (χ0n) is 11.3. The molecule has 0 bridgehead atoms. The summed E-state index contributed by atoms with van der Waals surface area (Å²) in [7, 11) is 0. The lowest BCUT2D eigenvalue weighted by Gasteiger charge is -2.11. The summed E-state index contributed by atoms with van der Waals surface area (Å²) < 4.78 is 11.6. The maximum absolute atomic E-state index is 5.79. The monoisotopic (exact) mass is 264 g/mol. The third-order valence-electron chi connectivity index (χ3n) is 3.16. The van der Waals surface area contributed by atoms with E-state index in [1.54, 1.807) is 0 Å². The molecule has 2 aromatic carbocycles. The van der Waals surface area contributed by atoms with Crippen LogP contribution in [0.15, 0.2) is 48.5 Å². The van der Waals surface area contributed by atoms with Gasteiger partial charge in [-0.1, -0.05) is 36.1 Å². The number of fused-ring (bicyclic) bond motifs is 2. The number of hydrogen-bond donors (Lipinski definition) is 0. The van der Waals surface area contributed by atoms with Gasteiger partial charge in [-0.3, -0.25) is 0 Å². The average molecular weight is 264 g/mol. The number of para-hydroxylation sites is 2. The zero-order valence-corrected chi connectivity index (χ0v) is 11.3. The van der Waals surface area contributed by atoms with Gasteiger partial charge < -0.3 is 9.47 Å². The first kappa shape index (κ1) is 12.6. The van der Waals surface area contributed by atoms with Crippen molar-refractivity contribution in [3.8, 4) is 23.3 Å². The van der Waals surface area contributed by atoms with Gasteiger partial charge in [-0.05, 0) is 37.1 Å². The highest BCUT2D eigenvalue weighted by Gasteiger charge is 2.04. The van der Waals surface area contributed by atoms with E-state index in [2.05, 4.69) is 11.8 Å². The van der Waals surface area contributed by atoms with Crippen LogP contribution in [-0.4, -0.2) is 13.2 Å². The SMILES string of the molecule is C1#Cc2ccccc2OCCCCOc2ccccc21. The lowest BCUT2D eigenvalue weighted by Crippen LogP contribution is -2.04. The van der Waals surface area contributed by atoms with Gasteiger partial charge in [0.15, 0.2) is 0 Å². The Morgan fingerprint density at radius 1 is 0.650 bits per heavy atom. The Hall–Kier alpha value is -2.40. The van der Waals surface area contributed by atoms with Crippen LogP contribution in [0.1, 0.15) is 24.0 Å². The molecule has 0 amide bonds. The molecule has 2 aromatic rings. The molecule has 0 radical (unpaired) electrons. The first-order chi connectivity index (χ1) is 9.93. The second-order valence-electron chi connectivity index (χ2n) is 4.65. The van der Waals surface area contributed by atoms with Gasteiger partial charge in [-0.25, -0.2) is 0 Å². The average Bonchev–Trinajstić information content (AvgIpc) is 2.49. The summed E-state index contributed by atoms with van der Waals surface area (Å²) in [6, 6.07) is 15.8. The molecule has 0 unspecified atom stereocenters. The Bertz CT molecular complexity index is 594. The molecule has 0 atom stereocenters. The predicted molar refractivity (Wildman–Crippen MR) is 79.1 cm³/mol. The van der Waals surface area contributed by atoms with Crippen LogP contribution in [-0.2, 0) is 0 Å². The Morgan fingerprint density at radius 2 is 1.10 bits per heavy atom. The summed E-state index contributed by atoms with van der Waals surface area (Å²) in [5.74, 6) is 8.08. The maximum atomic E-state index is 5.79. The van der Waals surface area contributed by atoms with Crippen molar-refractivity contribution in [3.63, 3.8) is 0 Å². The molecular weight excluding hydrogens is 248 g/mol. The quantitative estimate of drug-likeness (QED) is 0.676. The second-order valence-corrected chi connectivity index (χ2v) is 4.65. The maximum Gasteiger partial charge on any atom is 0.134 e. The smallest absolute Gasteiger partial charge is 0.134 e. The van der Waals surface area contributed by atoms with Gasteiger partial charge in [-0.15, -0.1) is 0 Å². The molecule has 3 rings (SSSR count). The number of hydrogen-bond acceptors (Lipinski definition) is 2. The van der Waals surface area contributed by atoms with Crippen molar-refractivity contribution in [1.82, 2.24) is 0 Å². The highest BCUT2D eigenvalue weighted by atomic mass is 16.5. The van der Waals surface area contributed by atoms with E-state index in [-0.39, 0.29) is 0 Å². The van der Waals surface area contributed by atoms with Gasteiger partial charge in [-0.2, -0.15) is 0 Å². The van der Waals surface area contributed by atoms with Crippen molar-refractivity contribution in [1.29, 1.82) is 0 Å². The molecule has 0 fully saturated rings. The fraction of sp³-hybridized carbons (Fsp3) is 0.222. The van der Waals surface area contributed by atoms with Crippen molar-refractivity contribution in [2.45, 2.75) is 12.8 Å². The lowest BCUT2D eigenvalue weighted by atomic mass is 10.1. The highest BCUT2D eigenvalue weighted by molar-refractivity contribution is 5.53. The summed E-state index contributed by atoms with van der Waals surface area (Å²) in [5.41, 5.74) is 1.84. The Balaban J connectivity index is 2.02. The molecule has 0 aromatic heterocycles. The van der Waals surface area contributed by atoms with Crippen molar-refractivity contribution < 1.29 is 9.47 Å². The van der Waals surface area contributed by atoms with Crippen molar-refractivity contribution >= 4 is 0 Å². The molecule has 1 aliphatic heterocycles. The van der Waals surface area contributed by atoms with E-state index in [9.17, 15) is 0 Å². The van der Waals surface area contributed by atoms with Crippen LogP contribution in [0.2, 0.25) is 0 Å². The number of benzene rings is 2. The van der Waals surface area contributed by atoms with E-state index in [0.717, 1.165) is 35.5 Å². The molecule has 100 valence electrons. The summed E-state index contributed by atoms with van der Waals surface area (Å²) in [5, 5.41) is 0. The van der Waals surface area contributed by atoms with Crippen LogP contribution in [0.25, 0.3) is 0 Å². The predicted octanol–water partition coefficient (Wildman–Crippen LogP) is 3.64. The van der Waals surface area contributed by atoms with Crippen LogP contribution in [0.5, 0.6) is 11.5 Å². The Labute approximate surface area is 119 Å². The van der Waals surface area contributed by atoms with Crippen molar-refractivity contribution in [2.75, 3.05) is 13.2 Å². The summed E-state index contributed by atoms with van der Waals surface area (Å²) in [6.07, 6.45) is 1.95. The minimum absolute atomic E-state index is 0.698. The fourth-order valence-corrected chi connectivity index (χ4v) is 2.09. The van der Waals surface area contributed by atoms with E-state index in [0.29, 0.717) is 13.2 Å². The van der Waals surface area contributed by atoms with Gasteiger partial charge in [0.1, 0.15) is 11.5 Å². The molecule has 0 saturated heterocycles. The van der Waals surface area contributed by atoms with Gasteiger partial charge in [0.05, 0.1) is 24.3 Å². The molecule has 0 saturated carbocycles. The second kappa shape index (κ2) is 6.16. The fourth-order valence-electron chi connectivity index (χ4n) is 2.09. The van der Waals surface area contributed by atoms with E-state index in [1.165, 1.54) is 0 Å². The van der Waals surface area contributed by atoms with Gasteiger partial charge in [0, 0.05) is 0 Å². The lowest BCUT2D eigenvalue weighted by molar-refractivity contribution is 0.265. The summed E-state index contributed by atoms with van der Waals surface area (Å²) in [4.78, 5) is 0. The molecule has 0 N–H and O–H groups in total. The van der Waals surface area contributed by atoms with E-state index < -0.39 is 0 Å². The minimum Gasteiger partial charge on any atom is -0.492 e. The molecule has 2 heteroatoms. The van der Waals surface area contributed by atoms with Crippen LogP contribution in [0.3, 0.4) is 0 Å². The Kier molecular flexibility index (Phi) is 3.89. The molecule has 0 spiro atoms. The number of ether oxygens (including phenoxy) is 2. The van der Waals surface area contributed by atoms with Crippen LogP contribution < -0.4 is 9.47 Å². The molecular formula is C18H16O2. The summed E-state index contributed by atoms with van der Waals surface area (Å²) >= 11 is 0. The standard InChI is InChI=1S/C18H16O2/c1-3-9-17-15(7-1)11-12-16-8-2-4-10-18(16)20-14-6-5-13-19-17/h1-4,7-10H,5-6,13-14H2. The van der Waals surface area contributed by atoms with Gasteiger partial charge in [0.2, 0.25) is 0 Å². The van der Waals surface area contributed by atoms with Crippen molar-refractivity contribution in [2.24, 2.45) is 0 Å². The largest absolute Gasteiger partial charge is 0.492 e. The first-order valence-corrected chi connectivity index (χ1v) is 6.89. The van der Waals surface area contributed by atoms with E-state index >= 15 is 0 Å². The van der Waals surface area contributed by atoms with E-state index in [4.69, 9.17) is 9.47 Å². The molecule has 0 aliphatic carbocycles. The Morgan fingerprint density at radius 3 is 1.60 bits per heavy atom. The normalized spacial score (nSPS) is 14.0. The zero-order chi connectivity index (χ0) is 13.6. The third-order valence-corrected chi connectivity index (χ3v) is 3.16. The van der Waals surface area contributed by atoms with Gasteiger partial charge in [0.25, 0.3) is 0 Å². The molecule has 2 nitrogen and oxygen atoms in total. The van der Waals surface area contributed by atoms with Gasteiger partial charge >= 0.3 is 0 Å². The van der Waals surface area contributed by atoms with Crippen LogP contribution >= 0.6 is 0 Å². The molecule has 1 aliphatic rings. The van der Waals surface area contributed by atoms with E-state index in [1.807, 2.05) is 48.5 Å². The topological polar surface area (TPSA) is 18.5 Å². The number of rotatable bonds is 0. The first-order valence-electron chi connectivity index (χ1n) is 6.89. The summed E-state index contributed by atoms with van der Waals surface area (Å²) in [6.45, 7) is 1.40. The third kappa shape index (κ3) is 2.95.